The molecule has 0 bridgehead atoms. The minimum Gasteiger partial charge on any atom is -0.444 e. The summed E-state index contributed by atoms with van der Waals surface area (Å²) in [5.74, 6) is 0.861. The predicted octanol–water partition coefficient (Wildman–Crippen LogP) is 4.07. The first-order valence-electron chi connectivity index (χ1n) is 8.82. The van der Waals surface area contributed by atoms with Gasteiger partial charge in [0.05, 0.1) is 0 Å². The smallest absolute Gasteiger partial charge is 0.412 e. The van der Waals surface area contributed by atoms with Crippen LogP contribution in [0.3, 0.4) is 0 Å². The Balaban J connectivity index is 1.65. The molecule has 0 spiro atoms. The van der Waals surface area contributed by atoms with Gasteiger partial charge in [-0.1, -0.05) is 0 Å². The Morgan fingerprint density at radius 3 is 2.79 bits per heavy atom. The number of benzene rings is 1. The second kappa shape index (κ2) is 7.13. The van der Waals surface area contributed by atoms with E-state index in [2.05, 4.69) is 30.9 Å². The van der Waals surface area contributed by atoms with Gasteiger partial charge in [-0.3, -0.25) is 5.32 Å². The lowest BCUT2D eigenvalue weighted by atomic mass is 10.1. The molecule has 4 aromatic rings. The number of nitrogens with one attached hydrogen (secondary N) is 2. The molecule has 29 heavy (non-hydrogen) atoms. The largest absolute Gasteiger partial charge is 0.444 e. The Kier molecular flexibility index (Phi) is 4.63. The van der Waals surface area contributed by atoms with Crippen molar-refractivity contribution in [3.63, 3.8) is 0 Å². The molecule has 10 heteroatoms. The molecule has 0 radical (unpaired) electrons. The lowest BCUT2D eigenvalue weighted by Crippen LogP contribution is -2.27. The molecule has 3 aromatic heterocycles. The van der Waals surface area contributed by atoms with Crippen molar-refractivity contribution in [3.8, 4) is 21.8 Å². The number of nitrogens with zero attached hydrogens (tertiary/aromatic N) is 4. The molecule has 148 valence electrons. The first-order chi connectivity index (χ1) is 13.8. The number of rotatable bonds is 3. The minimum atomic E-state index is -0.558. The number of hydrogen-bond acceptors (Lipinski definition) is 8. The van der Waals surface area contributed by atoms with Crippen LogP contribution in [0.4, 0.5) is 16.3 Å². The van der Waals surface area contributed by atoms with Gasteiger partial charge >= 0.3 is 6.09 Å². The normalized spacial score (nSPS) is 11.6. The van der Waals surface area contributed by atoms with E-state index in [1.807, 2.05) is 51.1 Å². The summed E-state index contributed by atoms with van der Waals surface area (Å²) in [6.07, 6.45) is 1.12. The lowest BCUT2D eigenvalue weighted by molar-refractivity contribution is 0.0636. The topological polar surface area (TPSA) is 132 Å². The lowest BCUT2D eigenvalue weighted by Gasteiger charge is -2.19. The van der Waals surface area contributed by atoms with Crippen molar-refractivity contribution in [1.29, 1.82) is 0 Å². The Morgan fingerprint density at radius 2 is 2.07 bits per heavy atom. The molecule has 1 amide bonds. The number of nitrogens with two attached hydrogens (primary N) is 1. The zero-order chi connectivity index (χ0) is 20.6. The fraction of sp³-hybridized carbons (Fsp3) is 0.211. The molecule has 0 saturated heterocycles. The van der Waals surface area contributed by atoms with E-state index in [-0.39, 0.29) is 0 Å². The summed E-state index contributed by atoms with van der Waals surface area (Å²) < 4.78 is 6.36. The van der Waals surface area contributed by atoms with E-state index >= 15 is 0 Å². The molecule has 1 aromatic carbocycles. The van der Waals surface area contributed by atoms with Crippen LogP contribution in [0.15, 0.2) is 36.5 Å². The van der Waals surface area contributed by atoms with Gasteiger partial charge in [-0.05, 0) is 61.7 Å². The van der Waals surface area contributed by atoms with Crippen LogP contribution >= 0.6 is 11.3 Å². The third-order valence-electron chi connectivity index (χ3n) is 3.95. The summed E-state index contributed by atoms with van der Waals surface area (Å²) in [7, 11) is 0. The second-order valence-electron chi connectivity index (χ2n) is 7.38. The SMILES string of the molecule is CC(C)(C)OC(=O)Nc1ccc2sc(-c3cc(-c4nn[nH]n4)cnc3N)cc2c1. The summed E-state index contributed by atoms with van der Waals surface area (Å²) in [4.78, 5) is 17.2. The summed E-state index contributed by atoms with van der Waals surface area (Å²) in [6, 6.07) is 9.57. The fourth-order valence-corrected chi connectivity index (χ4v) is 3.82. The first-order valence-corrected chi connectivity index (χ1v) is 9.63. The number of aromatic nitrogens is 5. The molecule has 0 atom stereocenters. The quantitative estimate of drug-likeness (QED) is 0.464. The highest BCUT2D eigenvalue weighted by molar-refractivity contribution is 7.22. The summed E-state index contributed by atoms with van der Waals surface area (Å²) in [6.45, 7) is 5.46. The second-order valence-corrected chi connectivity index (χ2v) is 8.47. The standard InChI is InChI=1S/C19H19N7O2S/c1-19(2,3)28-18(27)22-12-4-5-14-10(6-12)8-15(29-14)13-7-11(9-21-16(13)20)17-23-25-26-24-17/h4-9H,1-3H3,(H2,20,21)(H,22,27)(H,23,24,25,26). The van der Waals surface area contributed by atoms with Crippen LogP contribution < -0.4 is 11.1 Å². The van der Waals surface area contributed by atoms with Crippen molar-refractivity contribution in [1.82, 2.24) is 25.6 Å². The summed E-state index contributed by atoms with van der Waals surface area (Å²) in [5, 5.41) is 17.7. The molecule has 0 aliphatic carbocycles. The van der Waals surface area contributed by atoms with Gasteiger partial charge in [0.25, 0.3) is 0 Å². The van der Waals surface area contributed by atoms with Crippen LogP contribution in [0.5, 0.6) is 0 Å². The van der Waals surface area contributed by atoms with Crippen LogP contribution in [-0.4, -0.2) is 37.3 Å². The van der Waals surface area contributed by atoms with E-state index in [1.165, 1.54) is 0 Å². The van der Waals surface area contributed by atoms with E-state index in [9.17, 15) is 4.79 Å². The zero-order valence-electron chi connectivity index (χ0n) is 16.1. The minimum absolute atomic E-state index is 0.413. The van der Waals surface area contributed by atoms with Gasteiger partial charge in [0.2, 0.25) is 5.82 Å². The van der Waals surface area contributed by atoms with Crippen LogP contribution in [0, 0.1) is 0 Å². The van der Waals surface area contributed by atoms with Crippen LogP contribution in [0.25, 0.3) is 31.9 Å². The number of nitrogen functional groups attached to an aromatic ring is 1. The van der Waals surface area contributed by atoms with Crippen molar-refractivity contribution >= 4 is 39.0 Å². The van der Waals surface area contributed by atoms with Crippen molar-refractivity contribution in [2.24, 2.45) is 0 Å². The highest BCUT2D eigenvalue weighted by Gasteiger charge is 2.17. The Hall–Kier alpha value is -3.53. The molecule has 0 saturated carbocycles. The fourth-order valence-electron chi connectivity index (χ4n) is 2.75. The molecule has 0 aliphatic rings. The molecular weight excluding hydrogens is 390 g/mol. The maximum Gasteiger partial charge on any atom is 0.412 e. The third kappa shape index (κ3) is 4.16. The van der Waals surface area contributed by atoms with Crippen LogP contribution in [0.2, 0.25) is 0 Å². The summed E-state index contributed by atoms with van der Waals surface area (Å²) in [5.41, 5.74) is 7.71. The number of carbonyl (C=O) groups is 1. The van der Waals surface area contributed by atoms with Crippen molar-refractivity contribution < 1.29 is 9.53 Å². The number of carbonyl (C=O) groups excluding carboxylic acids is 1. The van der Waals surface area contributed by atoms with E-state index in [4.69, 9.17) is 10.5 Å². The first kappa shape index (κ1) is 18.8. The predicted molar refractivity (Wildman–Crippen MR) is 112 cm³/mol. The number of tetrazole rings is 1. The van der Waals surface area contributed by atoms with E-state index in [1.54, 1.807) is 17.5 Å². The number of pyridine rings is 1. The molecule has 3 heterocycles. The number of aromatic amines is 1. The monoisotopic (exact) mass is 409 g/mol. The number of ether oxygens (including phenoxy) is 1. The molecule has 9 nitrogen and oxygen atoms in total. The van der Waals surface area contributed by atoms with Crippen molar-refractivity contribution in [2.45, 2.75) is 26.4 Å². The maximum atomic E-state index is 12.0. The van der Waals surface area contributed by atoms with Crippen LogP contribution in [0.1, 0.15) is 20.8 Å². The van der Waals surface area contributed by atoms with E-state index < -0.39 is 11.7 Å². The van der Waals surface area contributed by atoms with E-state index in [0.29, 0.717) is 22.9 Å². The highest BCUT2D eigenvalue weighted by Crippen LogP contribution is 2.38. The van der Waals surface area contributed by atoms with Gasteiger partial charge in [0.15, 0.2) is 0 Å². The molecule has 4 rings (SSSR count). The third-order valence-corrected chi connectivity index (χ3v) is 5.10. The zero-order valence-corrected chi connectivity index (χ0v) is 16.9. The van der Waals surface area contributed by atoms with Gasteiger partial charge in [0, 0.05) is 32.6 Å². The average Bonchev–Trinajstić information content (AvgIpc) is 3.29. The Morgan fingerprint density at radius 1 is 1.24 bits per heavy atom. The van der Waals surface area contributed by atoms with Gasteiger partial charge in [0.1, 0.15) is 11.4 Å². The number of thiophene rings is 1. The van der Waals surface area contributed by atoms with Crippen LogP contribution in [-0.2, 0) is 4.74 Å². The molecule has 0 fully saturated rings. The molecular formula is C19H19N7O2S. The number of H-pyrrole nitrogens is 1. The number of anilines is 2. The van der Waals surface area contributed by atoms with Gasteiger partial charge < -0.3 is 10.5 Å². The number of amides is 1. The molecule has 0 aliphatic heterocycles. The van der Waals surface area contributed by atoms with Gasteiger partial charge in [-0.15, -0.1) is 21.5 Å². The van der Waals surface area contributed by atoms with E-state index in [0.717, 1.165) is 20.5 Å². The van der Waals surface area contributed by atoms with Crippen molar-refractivity contribution in [2.75, 3.05) is 11.1 Å². The van der Waals surface area contributed by atoms with Crippen molar-refractivity contribution in [3.05, 3.63) is 36.5 Å². The van der Waals surface area contributed by atoms with Gasteiger partial charge in [-0.25, -0.2) is 9.78 Å². The Bertz CT molecular complexity index is 1180. The number of hydrogen-bond donors (Lipinski definition) is 3. The number of fused-ring (bicyclic) bond motifs is 1. The highest BCUT2D eigenvalue weighted by atomic mass is 32.1. The average molecular weight is 409 g/mol. The molecule has 4 N–H and O–H groups in total. The maximum absolute atomic E-state index is 12.0. The Labute approximate surface area is 170 Å². The van der Waals surface area contributed by atoms with Gasteiger partial charge in [-0.2, -0.15) is 5.21 Å². The summed E-state index contributed by atoms with van der Waals surface area (Å²) >= 11 is 1.58. The molecule has 0 unspecified atom stereocenters.